The van der Waals surface area contributed by atoms with Crippen LogP contribution in [0.5, 0.6) is 0 Å². The number of hydrogen-bond donors (Lipinski definition) is 1. The second-order valence-electron chi connectivity index (χ2n) is 4.91. The molecular weight excluding hydrogens is 230 g/mol. The van der Waals surface area contributed by atoms with Crippen molar-refractivity contribution in [3.63, 3.8) is 0 Å². The van der Waals surface area contributed by atoms with Crippen molar-refractivity contribution in [1.82, 2.24) is 0 Å². The van der Waals surface area contributed by atoms with Crippen LogP contribution in [0.4, 0.5) is 0 Å². The first-order valence-corrected chi connectivity index (χ1v) is 9.10. The third-order valence-electron chi connectivity index (χ3n) is 3.02. The van der Waals surface area contributed by atoms with Crippen molar-refractivity contribution in [2.24, 2.45) is 5.14 Å². The minimum Gasteiger partial charge on any atom is -0.259 e. The van der Waals surface area contributed by atoms with E-state index in [-0.39, 0.29) is 0 Å². The van der Waals surface area contributed by atoms with E-state index in [0.717, 1.165) is 19.3 Å². The quantitative estimate of drug-likeness (QED) is 0.445. The Morgan fingerprint density at radius 2 is 1.41 bits per heavy atom. The molecule has 0 aromatic rings. The number of unbranched alkanes of at least 4 members (excludes halogenated alkanes) is 8. The van der Waals surface area contributed by atoms with Crippen LogP contribution in [-0.4, -0.2) is 15.3 Å². The molecule has 1 unspecified atom stereocenters. The molecule has 1 atom stereocenters. The Hall–Kier alpha value is -0.0200. The van der Waals surface area contributed by atoms with E-state index in [1.165, 1.54) is 44.9 Å². The third-order valence-corrected chi connectivity index (χ3v) is 4.75. The molecule has 0 bridgehead atoms. The average Bonchev–Trinajstić information content (AvgIpc) is 2.28. The molecular formula is C14H31NOS. The van der Waals surface area contributed by atoms with Gasteiger partial charge in [0.25, 0.3) is 0 Å². The van der Waals surface area contributed by atoms with Crippen LogP contribution < -0.4 is 5.14 Å². The normalized spacial score (nSPS) is 14.5. The fourth-order valence-corrected chi connectivity index (χ4v) is 3.26. The molecule has 0 aliphatic heterocycles. The molecule has 0 heterocycles. The van der Waals surface area contributed by atoms with Crippen molar-refractivity contribution in [3.8, 4) is 0 Å². The van der Waals surface area contributed by atoms with Gasteiger partial charge in [0.05, 0.1) is 0 Å². The molecule has 0 amide bonds. The van der Waals surface area contributed by atoms with Crippen LogP contribution in [-0.2, 0) is 9.71 Å². The fraction of sp³-hybridized carbons (Fsp3) is 0.929. The zero-order valence-corrected chi connectivity index (χ0v) is 12.6. The van der Waals surface area contributed by atoms with Crippen LogP contribution in [0.3, 0.4) is 0 Å². The second-order valence-corrected chi connectivity index (χ2v) is 7.22. The van der Waals surface area contributed by atoms with Gasteiger partial charge in [-0.05, 0) is 24.6 Å². The molecule has 17 heavy (non-hydrogen) atoms. The Balaban J connectivity index is 3.62. The van der Waals surface area contributed by atoms with E-state index in [0.29, 0.717) is 5.75 Å². The lowest BCUT2D eigenvalue weighted by molar-refractivity contribution is 0.646. The lowest BCUT2D eigenvalue weighted by Gasteiger charge is -2.05. The summed E-state index contributed by atoms with van der Waals surface area (Å²) in [5.74, 6) is 0.685. The van der Waals surface area contributed by atoms with Gasteiger partial charge in [0.2, 0.25) is 0 Å². The minimum atomic E-state index is -2.13. The van der Waals surface area contributed by atoms with Gasteiger partial charge in [-0.1, -0.05) is 58.8 Å². The molecule has 0 rings (SSSR count). The van der Waals surface area contributed by atoms with E-state index >= 15 is 0 Å². The summed E-state index contributed by atoms with van der Waals surface area (Å²) in [5.41, 5.74) is 0. The van der Waals surface area contributed by atoms with Crippen molar-refractivity contribution in [2.45, 2.75) is 78.1 Å². The molecule has 0 radical (unpaired) electrons. The molecule has 3 heteroatoms. The van der Waals surface area contributed by atoms with Gasteiger partial charge in [0.15, 0.2) is 0 Å². The zero-order chi connectivity index (χ0) is 13.0. The van der Waals surface area contributed by atoms with Crippen LogP contribution in [0.25, 0.3) is 0 Å². The average molecular weight is 261 g/mol. The molecule has 2 N–H and O–H groups in total. The Morgan fingerprint density at radius 1 is 0.882 bits per heavy atom. The number of hydrogen-bond acceptors (Lipinski definition) is 1. The molecule has 0 aromatic carbocycles. The molecule has 0 fully saturated rings. The SMILES string of the molecule is CCCCCCC=S(N)(=O)CCCCCCC. The van der Waals surface area contributed by atoms with E-state index in [2.05, 4.69) is 13.8 Å². The smallest absolute Gasteiger partial charge is 0.0289 e. The topological polar surface area (TPSA) is 43.1 Å². The standard InChI is InChI=1S/C14H31NOS/c1-3-5-7-9-11-13-17(15,16)14-12-10-8-6-4-2/h13H,3-12,14H2,1-2H3,(H2,15,16). The van der Waals surface area contributed by atoms with E-state index in [1.807, 2.05) is 5.37 Å². The first-order valence-electron chi connectivity index (χ1n) is 7.25. The molecule has 0 saturated carbocycles. The third kappa shape index (κ3) is 12.2. The van der Waals surface area contributed by atoms with Crippen LogP contribution in [0, 0.1) is 0 Å². The van der Waals surface area contributed by atoms with Crippen molar-refractivity contribution < 1.29 is 4.21 Å². The van der Waals surface area contributed by atoms with Crippen molar-refractivity contribution in [2.75, 3.05) is 5.75 Å². The lowest BCUT2D eigenvalue weighted by Crippen LogP contribution is -2.19. The van der Waals surface area contributed by atoms with Gasteiger partial charge in [0, 0.05) is 15.5 Å². The molecule has 2 nitrogen and oxygen atoms in total. The number of rotatable bonds is 11. The molecule has 0 spiro atoms. The highest BCUT2D eigenvalue weighted by Crippen LogP contribution is 2.05. The molecule has 0 aliphatic carbocycles. The van der Waals surface area contributed by atoms with Crippen LogP contribution in [0.2, 0.25) is 0 Å². The highest BCUT2D eigenvalue weighted by Gasteiger charge is 1.99. The van der Waals surface area contributed by atoms with Gasteiger partial charge in [-0.25, -0.2) is 0 Å². The summed E-state index contributed by atoms with van der Waals surface area (Å²) in [6.07, 6.45) is 11.8. The summed E-state index contributed by atoms with van der Waals surface area (Å²) in [6, 6.07) is 0. The first kappa shape index (κ1) is 17.0. The summed E-state index contributed by atoms with van der Waals surface area (Å²) in [5, 5.41) is 7.70. The maximum Gasteiger partial charge on any atom is 0.0289 e. The van der Waals surface area contributed by atoms with Gasteiger partial charge in [-0.2, -0.15) is 0 Å². The van der Waals surface area contributed by atoms with Crippen LogP contribution in [0.15, 0.2) is 0 Å². The maximum absolute atomic E-state index is 12.0. The summed E-state index contributed by atoms with van der Waals surface area (Å²) in [4.78, 5) is 0. The van der Waals surface area contributed by atoms with E-state index in [1.54, 1.807) is 0 Å². The Morgan fingerprint density at radius 3 is 2.00 bits per heavy atom. The van der Waals surface area contributed by atoms with Crippen molar-refractivity contribution >= 4 is 15.1 Å². The molecule has 0 saturated heterocycles. The Kier molecular flexibility index (Phi) is 11.1. The fourth-order valence-electron chi connectivity index (χ4n) is 1.87. The molecule has 0 aromatic heterocycles. The summed E-state index contributed by atoms with van der Waals surface area (Å²) >= 11 is 0. The summed E-state index contributed by atoms with van der Waals surface area (Å²) < 4.78 is 12.0. The van der Waals surface area contributed by atoms with E-state index < -0.39 is 9.71 Å². The highest BCUT2D eigenvalue weighted by atomic mass is 32.2. The number of nitrogens with two attached hydrogens (primary N) is 1. The minimum absolute atomic E-state index is 0.685. The van der Waals surface area contributed by atoms with Gasteiger partial charge in [-0.15, -0.1) is 0 Å². The van der Waals surface area contributed by atoms with Crippen LogP contribution in [0.1, 0.15) is 78.1 Å². The Labute approximate surface area is 109 Å². The second kappa shape index (κ2) is 11.1. The largest absolute Gasteiger partial charge is 0.259 e. The van der Waals surface area contributed by atoms with Gasteiger partial charge >= 0.3 is 0 Å². The lowest BCUT2D eigenvalue weighted by atomic mass is 10.2. The molecule has 104 valence electrons. The first-order chi connectivity index (χ1) is 8.12. The summed E-state index contributed by atoms with van der Waals surface area (Å²) in [7, 11) is -2.13. The highest BCUT2D eigenvalue weighted by molar-refractivity contribution is 7.99. The van der Waals surface area contributed by atoms with E-state index in [4.69, 9.17) is 5.14 Å². The predicted octanol–water partition coefficient (Wildman–Crippen LogP) is 3.89. The summed E-state index contributed by atoms with van der Waals surface area (Å²) in [6.45, 7) is 4.41. The van der Waals surface area contributed by atoms with Gasteiger partial charge in [0.1, 0.15) is 0 Å². The predicted molar refractivity (Wildman–Crippen MR) is 80.8 cm³/mol. The Bertz CT molecular complexity index is 267. The zero-order valence-electron chi connectivity index (χ0n) is 11.7. The van der Waals surface area contributed by atoms with Crippen molar-refractivity contribution in [3.05, 3.63) is 0 Å². The van der Waals surface area contributed by atoms with Gasteiger partial charge < -0.3 is 0 Å². The van der Waals surface area contributed by atoms with Crippen molar-refractivity contribution in [1.29, 1.82) is 0 Å². The van der Waals surface area contributed by atoms with E-state index in [9.17, 15) is 4.21 Å². The maximum atomic E-state index is 12.0. The van der Waals surface area contributed by atoms with Crippen LogP contribution >= 0.6 is 0 Å². The molecule has 0 aliphatic rings. The van der Waals surface area contributed by atoms with Gasteiger partial charge in [-0.3, -0.25) is 9.35 Å². The monoisotopic (exact) mass is 261 g/mol.